The van der Waals surface area contributed by atoms with Crippen molar-refractivity contribution in [3.8, 4) is 0 Å². The molecular formula is C10H10F3NO3. The maximum Gasteiger partial charge on any atom is 0.417 e. The highest BCUT2D eigenvalue weighted by Gasteiger charge is 2.31. The molecule has 0 saturated heterocycles. The van der Waals surface area contributed by atoms with Crippen molar-refractivity contribution >= 4 is 5.78 Å². The summed E-state index contributed by atoms with van der Waals surface area (Å²) in [4.78, 5) is 22.4. The quantitative estimate of drug-likeness (QED) is 0.802. The van der Waals surface area contributed by atoms with Crippen molar-refractivity contribution in [1.82, 2.24) is 4.57 Å². The van der Waals surface area contributed by atoms with Gasteiger partial charge in [0, 0.05) is 19.4 Å². The van der Waals surface area contributed by atoms with Crippen LogP contribution in [0.3, 0.4) is 0 Å². The predicted octanol–water partition coefficient (Wildman–Crippen LogP) is 1.08. The molecule has 0 atom stereocenters. The molecule has 0 aliphatic carbocycles. The molecule has 0 amide bonds. The van der Waals surface area contributed by atoms with Gasteiger partial charge in [0.2, 0.25) is 0 Å². The lowest BCUT2D eigenvalue weighted by Gasteiger charge is -2.09. The van der Waals surface area contributed by atoms with Crippen molar-refractivity contribution in [2.24, 2.45) is 0 Å². The smallest absolute Gasteiger partial charge is 0.377 e. The van der Waals surface area contributed by atoms with Gasteiger partial charge in [-0.25, -0.2) is 0 Å². The molecular weight excluding hydrogens is 239 g/mol. The van der Waals surface area contributed by atoms with Gasteiger partial charge >= 0.3 is 6.18 Å². The van der Waals surface area contributed by atoms with Gasteiger partial charge < -0.3 is 9.30 Å². The number of carbonyl (C=O) groups excluding carboxylic acids is 1. The zero-order valence-corrected chi connectivity index (χ0v) is 8.95. The Balaban J connectivity index is 2.99. The molecule has 0 N–H and O–H groups in total. The summed E-state index contributed by atoms with van der Waals surface area (Å²) in [5.41, 5.74) is -1.63. The number of carbonyl (C=O) groups is 1. The Morgan fingerprint density at radius 1 is 1.41 bits per heavy atom. The molecule has 0 aliphatic rings. The molecule has 0 radical (unpaired) electrons. The highest BCUT2D eigenvalue weighted by Crippen LogP contribution is 2.27. The first kappa shape index (κ1) is 13.4. The highest BCUT2D eigenvalue weighted by molar-refractivity contribution is 5.79. The van der Waals surface area contributed by atoms with E-state index in [9.17, 15) is 22.8 Å². The van der Waals surface area contributed by atoms with Crippen molar-refractivity contribution in [3.63, 3.8) is 0 Å². The Morgan fingerprint density at radius 2 is 2.06 bits per heavy atom. The first-order chi connectivity index (χ1) is 7.84. The summed E-state index contributed by atoms with van der Waals surface area (Å²) in [6, 6.07) is 1.46. The second-order valence-corrected chi connectivity index (χ2v) is 3.35. The number of hydrogen-bond acceptors (Lipinski definition) is 3. The summed E-state index contributed by atoms with van der Waals surface area (Å²) in [7, 11) is 1.28. The number of aromatic nitrogens is 1. The van der Waals surface area contributed by atoms with Gasteiger partial charge in [0.05, 0.1) is 12.1 Å². The van der Waals surface area contributed by atoms with Crippen LogP contribution in [0.5, 0.6) is 0 Å². The summed E-state index contributed by atoms with van der Waals surface area (Å²) in [6.07, 6.45) is -3.92. The van der Waals surface area contributed by atoms with E-state index >= 15 is 0 Å². The molecule has 1 heterocycles. The van der Waals surface area contributed by atoms with E-state index in [0.29, 0.717) is 16.8 Å². The molecule has 1 rings (SSSR count). The summed E-state index contributed by atoms with van der Waals surface area (Å²) < 4.78 is 42.3. The van der Waals surface area contributed by atoms with Crippen LogP contribution in [0.4, 0.5) is 13.2 Å². The maximum atomic E-state index is 12.4. The van der Waals surface area contributed by atoms with Crippen molar-refractivity contribution in [2.45, 2.75) is 12.7 Å². The fraction of sp³-hybridized carbons (Fsp3) is 0.400. The van der Waals surface area contributed by atoms with Crippen LogP contribution in [-0.4, -0.2) is 24.1 Å². The third-order valence-corrected chi connectivity index (χ3v) is 1.96. The monoisotopic (exact) mass is 249 g/mol. The topological polar surface area (TPSA) is 48.3 Å². The van der Waals surface area contributed by atoms with Crippen LogP contribution in [0.25, 0.3) is 0 Å². The van der Waals surface area contributed by atoms with Crippen LogP contribution >= 0.6 is 0 Å². The Bertz CT molecular complexity index is 465. The van der Waals surface area contributed by atoms with E-state index in [2.05, 4.69) is 4.74 Å². The number of halogens is 3. The van der Waals surface area contributed by atoms with Gasteiger partial charge in [0.1, 0.15) is 6.61 Å². The van der Waals surface area contributed by atoms with Crippen LogP contribution in [-0.2, 0) is 22.3 Å². The molecule has 94 valence electrons. The Kier molecular flexibility index (Phi) is 4.06. The lowest BCUT2D eigenvalue weighted by atomic mass is 10.2. The summed E-state index contributed by atoms with van der Waals surface area (Å²) in [5.74, 6) is -0.478. The zero-order chi connectivity index (χ0) is 13.1. The van der Waals surface area contributed by atoms with Gasteiger partial charge in [-0.15, -0.1) is 0 Å². The number of methoxy groups -OCH3 is 1. The van der Waals surface area contributed by atoms with E-state index < -0.39 is 29.6 Å². The molecule has 0 saturated carbocycles. The minimum atomic E-state index is -4.54. The van der Waals surface area contributed by atoms with E-state index in [4.69, 9.17) is 0 Å². The van der Waals surface area contributed by atoms with Gasteiger partial charge in [-0.2, -0.15) is 13.2 Å². The molecule has 7 heteroatoms. The fourth-order valence-electron chi connectivity index (χ4n) is 1.22. The van der Waals surface area contributed by atoms with Crippen LogP contribution in [0.1, 0.15) is 5.56 Å². The normalized spacial score (nSPS) is 11.5. The SMILES string of the molecule is COCC(=O)Cn1cc(C(F)(F)F)ccc1=O. The minimum Gasteiger partial charge on any atom is -0.377 e. The molecule has 0 unspecified atom stereocenters. The molecule has 1 aromatic rings. The van der Waals surface area contributed by atoms with Crippen LogP contribution in [0.2, 0.25) is 0 Å². The van der Waals surface area contributed by atoms with E-state index in [1.165, 1.54) is 7.11 Å². The largest absolute Gasteiger partial charge is 0.417 e. The molecule has 0 fully saturated rings. The predicted molar refractivity (Wildman–Crippen MR) is 52.6 cm³/mol. The van der Waals surface area contributed by atoms with E-state index in [1.54, 1.807) is 0 Å². The number of alkyl halides is 3. The van der Waals surface area contributed by atoms with E-state index in [-0.39, 0.29) is 6.61 Å². The molecule has 4 nitrogen and oxygen atoms in total. The standard InChI is InChI=1S/C10H10F3NO3/c1-17-6-8(15)5-14-4-7(10(11,12)13)2-3-9(14)16/h2-4H,5-6H2,1H3. The first-order valence-corrected chi connectivity index (χ1v) is 4.63. The molecule has 0 aromatic carbocycles. The third-order valence-electron chi connectivity index (χ3n) is 1.96. The Morgan fingerprint density at radius 3 is 2.59 bits per heavy atom. The molecule has 1 aromatic heterocycles. The van der Waals surface area contributed by atoms with Crippen molar-refractivity contribution in [1.29, 1.82) is 0 Å². The average Bonchev–Trinajstić information content (AvgIpc) is 2.20. The minimum absolute atomic E-state index is 0.247. The number of Topliss-reactive ketones (excluding diaryl/α,β-unsaturated/α-hetero) is 1. The summed E-state index contributed by atoms with van der Waals surface area (Å²) >= 11 is 0. The second kappa shape index (κ2) is 5.13. The zero-order valence-electron chi connectivity index (χ0n) is 8.95. The Hall–Kier alpha value is -1.63. The van der Waals surface area contributed by atoms with E-state index in [1.807, 2.05) is 0 Å². The van der Waals surface area contributed by atoms with Gasteiger partial charge in [0.25, 0.3) is 5.56 Å². The third kappa shape index (κ3) is 3.70. The van der Waals surface area contributed by atoms with Gasteiger partial charge in [-0.3, -0.25) is 9.59 Å². The van der Waals surface area contributed by atoms with Crippen LogP contribution in [0, 0.1) is 0 Å². The van der Waals surface area contributed by atoms with Gasteiger partial charge in [-0.1, -0.05) is 0 Å². The average molecular weight is 249 g/mol. The second-order valence-electron chi connectivity index (χ2n) is 3.35. The van der Waals surface area contributed by atoms with E-state index in [0.717, 1.165) is 6.07 Å². The van der Waals surface area contributed by atoms with Crippen LogP contribution < -0.4 is 5.56 Å². The van der Waals surface area contributed by atoms with Gasteiger partial charge in [-0.05, 0) is 6.07 Å². The summed E-state index contributed by atoms with van der Waals surface area (Å²) in [5, 5.41) is 0. The molecule has 17 heavy (non-hydrogen) atoms. The number of rotatable bonds is 4. The number of nitrogens with zero attached hydrogens (tertiary/aromatic N) is 1. The van der Waals surface area contributed by atoms with Crippen LogP contribution in [0.15, 0.2) is 23.1 Å². The number of pyridine rings is 1. The highest BCUT2D eigenvalue weighted by atomic mass is 19.4. The fourth-order valence-corrected chi connectivity index (χ4v) is 1.22. The summed E-state index contributed by atoms with van der Waals surface area (Å²) in [6.45, 7) is -0.681. The lowest BCUT2D eigenvalue weighted by Crippen LogP contribution is -2.26. The number of ether oxygens (including phenoxy) is 1. The van der Waals surface area contributed by atoms with Crippen molar-refractivity contribution in [2.75, 3.05) is 13.7 Å². The van der Waals surface area contributed by atoms with Crippen molar-refractivity contribution < 1.29 is 22.7 Å². The molecule has 0 bridgehead atoms. The Labute approximate surface area is 94.6 Å². The van der Waals surface area contributed by atoms with Gasteiger partial charge in [0.15, 0.2) is 5.78 Å². The molecule has 0 spiro atoms. The first-order valence-electron chi connectivity index (χ1n) is 4.63. The number of hydrogen-bond donors (Lipinski definition) is 0. The maximum absolute atomic E-state index is 12.4. The lowest BCUT2D eigenvalue weighted by molar-refractivity contribution is -0.138. The molecule has 0 aliphatic heterocycles. The number of ketones is 1. The van der Waals surface area contributed by atoms with Crippen molar-refractivity contribution in [3.05, 3.63) is 34.2 Å².